The second kappa shape index (κ2) is 4.99. The highest BCUT2D eigenvalue weighted by Crippen LogP contribution is 1.96. The summed E-state index contributed by atoms with van der Waals surface area (Å²) in [4.78, 5) is 5.99. The molecule has 0 fully saturated rings. The smallest absolute Gasteiger partial charge is 0.180 e. The summed E-state index contributed by atoms with van der Waals surface area (Å²) in [5, 5.41) is 3.34. The van der Waals surface area contributed by atoms with Gasteiger partial charge in [-0.1, -0.05) is 0 Å². The van der Waals surface area contributed by atoms with E-state index in [-0.39, 0.29) is 0 Å². The Bertz CT molecular complexity index is 221. The van der Waals surface area contributed by atoms with Crippen molar-refractivity contribution in [3.05, 3.63) is 18.4 Å². The molecule has 1 aromatic rings. The first-order chi connectivity index (χ1) is 6.18. The molecule has 0 bridgehead atoms. The van der Waals surface area contributed by atoms with Crippen molar-refractivity contribution >= 4 is 0 Å². The molecule has 0 saturated carbocycles. The second-order valence-corrected chi connectivity index (χ2v) is 3.51. The minimum absolute atomic E-state index is 0.458. The number of nitrogens with zero attached hydrogens (tertiary/aromatic N) is 2. The average molecular weight is 183 g/mol. The van der Waals surface area contributed by atoms with Crippen LogP contribution in [0.5, 0.6) is 0 Å². The Kier molecular flexibility index (Phi) is 3.92. The maximum atomic E-state index is 5.10. The lowest BCUT2D eigenvalue weighted by atomic mass is 10.3. The van der Waals surface area contributed by atoms with Gasteiger partial charge < -0.3 is 14.6 Å². The monoisotopic (exact) mass is 183 g/mol. The number of oxazole rings is 1. The van der Waals surface area contributed by atoms with Gasteiger partial charge in [0, 0.05) is 12.6 Å². The van der Waals surface area contributed by atoms with Gasteiger partial charge >= 0.3 is 0 Å². The first-order valence-corrected chi connectivity index (χ1v) is 4.44. The van der Waals surface area contributed by atoms with E-state index >= 15 is 0 Å². The van der Waals surface area contributed by atoms with E-state index in [0.29, 0.717) is 6.04 Å². The van der Waals surface area contributed by atoms with Crippen molar-refractivity contribution in [3.63, 3.8) is 0 Å². The van der Waals surface area contributed by atoms with E-state index in [0.717, 1.165) is 18.8 Å². The normalized spacial score (nSPS) is 13.5. The summed E-state index contributed by atoms with van der Waals surface area (Å²) in [5.41, 5.74) is 0. The molecule has 0 aliphatic carbocycles. The molecule has 4 heteroatoms. The third-order valence-electron chi connectivity index (χ3n) is 1.75. The van der Waals surface area contributed by atoms with Gasteiger partial charge in [-0.25, -0.2) is 4.98 Å². The highest BCUT2D eigenvalue weighted by atomic mass is 16.3. The van der Waals surface area contributed by atoms with Gasteiger partial charge in [0.1, 0.15) is 5.76 Å². The molecule has 13 heavy (non-hydrogen) atoms. The highest BCUT2D eigenvalue weighted by Gasteiger charge is 2.03. The first kappa shape index (κ1) is 10.2. The fourth-order valence-electron chi connectivity index (χ4n) is 1.22. The predicted molar refractivity (Wildman–Crippen MR) is 51.4 cm³/mol. The van der Waals surface area contributed by atoms with Gasteiger partial charge in [-0.15, -0.1) is 0 Å². The Morgan fingerprint density at radius 2 is 2.38 bits per heavy atom. The third-order valence-corrected chi connectivity index (χ3v) is 1.75. The van der Waals surface area contributed by atoms with Crippen LogP contribution in [0.25, 0.3) is 0 Å². The van der Waals surface area contributed by atoms with Gasteiger partial charge in [0.2, 0.25) is 0 Å². The molecule has 0 aliphatic heterocycles. The SMILES string of the molecule is CC(CN(C)C)NCc1cnco1. The lowest BCUT2D eigenvalue weighted by molar-refractivity contribution is 0.341. The van der Waals surface area contributed by atoms with Crippen molar-refractivity contribution in [2.24, 2.45) is 0 Å². The Hall–Kier alpha value is -0.870. The summed E-state index contributed by atoms with van der Waals surface area (Å²) >= 11 is 0. The van der Waals surface area contributed by atoms with Crippen molar-refractivity contribution in [2.75, 3.05) is 20.6 Å². The van der Waals surface area contributed by atoms with Crippen LogP contribution in [0.3, 0.4) is 0 Å². The molecule has 1 N–H and O–H groups in total. The number of nitrogens with one attached hydrogen (secondary N) is 1. The van der Waals surface area contributed by atoms with Gasteiger partial charge in [0.05, 0.1) is 12.7 Å². The van der Waals surface area contributed by atoms with E-state index in [1.165, 1.54) is 6.39 Å². The first-order valence-electron chi connectivity index (χ1n) is 4.44. The zero-order valence-corrected chi connectivity index (χ0v) is 8.45. The average Bonchev–Trinajstić information content (AvgIpc) is 2.51. The van der Waals surface area contributed by atoms with E-state index in [4.69, 9.17) is 4.42 Å². The summed E-state index contributed by atoms with van der Waals surface area (Å²) in [7, 11) is 4.12. The number of rotatable bonds is 5. The van der Waals surface area contributed by atoms with E-state index in [9.17, 15) is 0 Å². The summed E-state index contributed by atoms with van der Waals surface area (Å²) < 4.78 is 5.10. The molecule has 0 amide bonds. The number of aromatic nitrogens is 1. The molecular formula is C9H17N3O. The van der Waals surface area contributed by atoms with Crippen LogP contribution in [0.15, 0.2) is 17.0 Å². The zero-order valence-electron chi connectivity index (χ0n) is 8.45. The van der Waals surface area contributed by atoms with Crippen LogP contribution in [0, 0.1) is 0 Å². The van der Waals surface area contributed by atoms with Crippen LogP contribution in [0.2, 0.25) is 0 Å². The van der Waals surface area contributed by atoms with E-state index < -0.39 is 0 Å². The Labute approximate surface area is 78.9 Å². The Balaban J connectivity index is 2.19. The van der Waals surface area contributed by atoms with Gasteiger partial charge in [-0.2, -0.15) is 0 Å². The van der Waals surface area contributed by atoms with Crippen LogP contribution in [-0.2, 0) is 6.54 Å². The zero-order chi connectivity index (χ0) is 9.68. The molecule has 1 rings (SSSR count). The van der Waals surface area contributed by atoms with Gasteiger partial charge in [0.25, 0.3) is 0 Å². The van der Waals surface area contributed by atoms with Crippen molar-refractivity contribution in [2.45, 2.75) is 19.5 Å². The molecular weight excluding hydrogens is 166 g/mol. The van der Waals surface area contributed by atoms with Crippen LogP contribution in [0.4, 0.5) is 0 Å². The summed E-state index contributed by atoms with van der Waals surface area (Å²) in [6.07, 6.45) is 3.18. The maximum absolute atomic E-state index is 5.10. The molecule has 1 atom stereocenters. The van der Waals surface area contributed by atoms with Crippen molar-refractivity contribution in [1.82, 2.24) is 15.2 Å². The fourth-order valence-corrected chi connectivity index (χ4v) is 1.22. The third kappa shape index (κ3) is 4.05. The summed E-state index contributed by atoms with van der Waals surface area (Å²) in [6.45, 7) is 3.92. The summed E-state index contributed by atoms with van der Waals surface area (Å²) in [6, 6.07) is 0.458. The van der Waals surface area contributed by atoms with Gasteiger partial charge in [0.15, 0.2) is 6.39 Å². The fraction of sp³-hybridized carbons (Fsp3) is 0.667. The molecule has 0 radical (unpaired) electrons. The quantitative estimate of drug-likeness (QED) is 0.730. The molecule has 4 nitrogen and oxygen atoms in total. The molecule has 0 saturated heterocycles. The Morgan fingerprint density at radius 1 is 1.62 bits per heavy atom. The molecule has 0 spiro atoms. The lowest BCUT2D eigenvalue weighted by Gasteiger charge is -2.17. The highest BCUT2D eigenvalue weighted by molar-refractivity contribution is 4.87. The number of hydrogen-bond donors (Lipinski definition) is 1. The Morgan fingerprint density at radius 3 is 2.92 bits per heavy atom. The molecule has 0 aliphatic rings. The van der Waals surface area contributed by atoms with Crippen molar-refractivity contribution < 1.29 is 4.42 Å². The molecule has 1 aromatic heterocycles. The molecule has 1 unspecified atom stereocenters. The van der Waals surface area contributed by atoms with E-state index in [1.54, 1.807) is 6.20 Å². The van der Waals surface area contributed by atoms with Crippen LogP contribution < -0.4 is 5.32 Å². The van der Waals surface area contributed by atoms with E-state index in [2.05, 4.69) is 36.2 Å². The molecule has 74 valence electrons. The van der Waals surface area contributed by atoms with Crippen LogP contribution >= 0.6 is 0 Å². The predicted octanol–water partition coefficient (Wildman–Crippen LogP) is 0.714. The summed E-state index contributed by atoms with van der Waals surface area (Å²) in [5.74, 6) is 0.880. The lowest BCUT2D eigenvalue weighted by Crippen LogP contribution is -2.35. The van der Waals surface area contributed by atoms with E-state index in [1.807, 2.05) is 0 Å². The number of likely N-dealkylation sites (N-methyl/N-ethyl adjacent to an activating group) is 1. The molecule has 1 heterocycles. The van der Waals surface area contributed by atoms with Crippen molar-refractivity contribution in [3.8, 4) is 0 Å². The van der Waals surface area contributed by atoms with Crippen LogP contribution in [0.1, 0.15) is 12.7 Å². The minimum atomic E-state index is 0.458. The van der Waals surface area contributed by atoms with Gasteiger partial charge in [-0.05, 0) is 21.0 Å². The molecule has 0 aromatic carbocycles. The van der Waals surface area contributed by atoms with Crippen LogP contribution in [-0.4, -0.2) is 36.6 Å². The van der Waals surface area contributed by atoms with Crippen molar-refractivity contribution in [1.29, 1.82) is 0 Å². The largest absolute Gasteiger partial charge is 0.447 e. The second-order valence-electron chi connectivity index (χ2n) is 3.51. The standard InChI is InChI=1S/C9H17N3O/c1-8(6-12(2)3)11-5-9-4-10-7-13-9/h4,7-8,11H,5-6H2,1-3H3. The topological polar surface area (TPSA) is 41.3 Å². The maximum Gasteiger partial charge on any atom is 0.180 e. The van der Waals surface area contributed by atoms with Gasteiger partial charge in [-0.3, -0.25) is 0 Å². The minimum Gasteiger partial charge on any atom is -0.447 e. The number of hydrogen-bond acceptors (Lipinski definition) is 4.